The molecule has 0 saturated heterocycles. The summed E-state index contributed by atoms with van der Waals surface area (Å²) in [5.41, 5.74) is 6.74. The van der Waals surface area contributed by atoms with Gasteiger partial charge in [-0.3, -0.25) is 4.31 Å². The Bertz CT molecular complexity index is 471. The number of hydrogen-bond acceptors (Lipinski definition) is 3. The minimum atomic E-state index is -3.54. The van der Waals surface area contributed by atoms with E-state index < -0.39 is 10.2 Å². The lowest BCUT2D eigenvalue weighted by Gasteiger charge is -2.25. The van der Waals surface area contributed by atoms with Gasteiger partial charge in [-0.1, -0.05) is 12.1 Å². The molecule has 0 amide bonds. The van der Waals surface area contributed by atoms with Crippen LogP contribution in [0.1, 0.15) is 20.8 Å². The molecule has 0 saturated carbocycles. The molecule has 3 N–H and O–H groups in total. The van der Waals surface area contributed by atoms with Crippen LogP contribution in [0.5, 0.6) is 0 Å². The van der Waals surface area contributed by atoms with Crippen LogP contribution in [0.3, 0.4) is 0 Å². The molecule has 0 bridgehead atoms. The lowest BCUT2D eigenvalue weighted by atomic mass is 10.3. The van der Waals surface area contributed by atoms with E-state index in [0.29, 0.717) is 17.9 Å². The van der Waals surface area contributed by atoms with Gasteiger partial charge in [0.2, 0.25) is 0 Å². The van der Waals surface area contributed by atoms with Crippen molar-refractivity contribution in [3.8, 4) is 0 Å². The van der Waals surface area contributed by atoms with Crippen LogP contribution in [0.25, 0.3) is 0 Å². The van der Waals surface area contributed by atoms with Crippen molar-refractivity contribution in [2.75, 3.05) is 16.6 Å². The molecule has 0 aromatic heterocycles. The quantitative estimate of drug-likeness (QED) is 0.782. The Labute approximate surface area is 103 Å². The zero-order chi connectivity index (χ0) is 13.1. The van der Waals surface area contributed by atoms with Crippen molar-refractivity contribution < 1.29 is 8.42 Å². The summed E-state index contributed by atoms with van der Waals surface area (Å²) in [6.45, 7) is 5.65. The second kappa shape index (κ2) is 5.37. The number of nitrogens with zero attached hydrogens (tertiary/aromatic N) is 1. The molecule has 0 fully saturated rings. The predicted octanol–water partition coefficient (Wildman–Crippen LogP) is 1.34. The lowest BCUT2D eigenvalue weighted by Crippen LogP contribution is -2.43. The van der Waals surface area contributed by atoms with Gasteiger partial charge in [-0.2, -0.15) is 13.1 Å². The van der Waals surface area contributed by atoms with Crippen LogP contribution >= 0.6 is 0 Å². The molecule has 0 atom stereocenters. The summed E-state index contributed by atoms with van der Waals surface area (Å²) in [6, 6.07) is 6.76. The maximum absolute atomic E-state index is 12.1. The molecule has 5 nitrogen and oxygen atoms in total. The minimum absolute atomic E-state index is 0.154. The van der Waals surface area contributed by atoms with Crippen LogP contribution in [0.15, 0.2) is 24.3 Å². The standard InChI is InChI=1S/C11H19N3O2S/c1-4-14(17(15,16)13-9(2)3)11-8-6-5-7-10(11)12/h5-9,13H,4,12H2,1-3H3. The minimum Gasteiger partial charge on any atom is -0.397 e. The number of rotatable bonds is 5. The number of nitrogens with one attached hydrogen (secondary N) is 1. The van der Waals surface area contributed by atoms with E-state index in [1.165, 1.54) is 4.31 Å². The van der Waals surface area contributed by atoms with Gasteiger partial charge in [0.25, 0.3) is 0 Å². The molecule has 1 aromatic rings. The van der Waals surface area contributed by atoms with Crippen LogP contribution in [0.4, 0.5) is 11.4 Å². The number of benzene rings is 1. The topological polar surface area (TPSA) is 75.4 Å². The van der Waals surface area contributed by atoms with Crippen molar-refractivity contribution in [2.45, 2.75) is 26.8 Å². The van der Waals surface area contributed by atoms with Crippen LogP contribution in [0.2, 0.25) is 0 Å². The highest BCUT2D eigenvalue weighted by Crippen LogP contribution is 2.24. The van der Waals surface area contributed by atoms with E-state index in [9.17, 15) is 8.42 Å². The summed E-state index contributed by atoms with van der Waals surface area (Å²) in [5, 5.41) is 0. The first-order valence-corrected chi connectivity index (χ1v) is 6.97. The molecule has 0 aliphatic carbocycles. The molecule has 96 valence electrons. The second-order valence-corrected chi connectivity index (χ2v) is 5.63. The average Bonchev–Trinajstić information content (AvgIpc) is 2.19. The van der Waals surface area contributed by atoms with Gasteiger partial charge in [0.05, 0.1) is 11.4 Å². The van der Waals surface area contributed by atoms with Crippen LogP contribution < -0.4 is 14.8 Å². The molecule has 0 aliphatic heterocycles. The number of nitrogen functional groups attached to an aromatic ring is 1. The highest BCUT2D eigenvalue weighted by Gasteiger charge is 2.22. The Morgan fingerprint density at radius 1 is 1.35 bits per heavy atom. The van der Waals surface area contributed by atoms with Gasteiger partial charge in [0.15, 0.2) is 0 Å². The van der Waals surface area contributed by atoms with Crippen molar-refractivity contribution in [2.24, 2.45) is 0 Å². The first-order chi connectivity index (χ1) is 7.88. The van der Waals surface area contributed by atoms with Crippen molar-refractivity contribution >= 4 is 21.6 Å². The predicted molar refractivity (Wildman–Crippen MR) is 71.1 cm³/mol. The van der Waals surface area contributed by atoms with E-state index in [1.54, 1.807) is 45.0 Å². The van der Waals surface area contributed by atoms with Gasteiger partial charge >= 0.3 is 10.2 Å². The fraction of sp³-hybridized carbons (Fsp3) is 0.455. The SMILES string of the molecule is CCN(c1ccccc1N)S(=O)(=O)NC(C)C. The van der Waals surface area contributed by atoms with E-state index in [-0.39, 0.29) is 6.04 Å². The first-order valence-electron chi connectivity index (χ1n) is 5.53. The third-order valence-corrected chi connectivity index (χ3v) is 3.97. The Morgan fingerprint density at radius 3 is 2.41 bits per heavy atom. The maximum atomic E-state index is 12.1. The fourth-order valence-corrected chi connectivity index (χ4v) is 3.03. The molecular weight excluding hydrogens is 238 g/mol. The molecule has 0 aliphatic rings. The third-order valence-electron chi connectivity index (χ3n) is 2.17. The zero-order valence-corrected chi connectivity index (χ0v) is 11.2. The normalized spacial score (nSPS) is 11.8. The Hall–Kier alpha value is -1.27. The number of hydrogen-bond donors (Lipinski definition) is 2. The van der Waals surface area contributed by atoms with Crippen LogP contribution in [0, 0.1) is 0 Å². The van der Waals surface area contributed by atoms with Crippen molar-refractivity contribution in [1.29, 1.82) is 0 Å². The van der Waals surface area contributed by atoms with Crippen molar-refractivity contribution in [1.82, 2.24) is 4.72 Å². The van der Waals surface area contributed by atoms with E-state index in [0.717, 1.165) is 0 Å². The highest BCUT2D eigenvalue weighted by atomic mass is 32.2. The van der Waals surface area contributed by atoms with E-state index in [4.69, 9.17) is 5.73 Å². The van der Waals surface area contributed by atoms with Gasteiger partial charge < -0.3 is 5.73 Å². The lowest BCUT2D eigenvalue weighted by molar-refractivity contribution is 0.565. The molecular formula is C11H19N3O2S. The molecule has 1 rings (SSSR count). The van der Waals surface area contributed by atoms with Gasteiger partial charge in [-0.05, 0) is 32.9 Å². The smallest absolute Gasteiger partial charge is 0.301 e. The van der Waals surface area contributed by atoms with Crippen molar-refractivity contribution in [3.63, 3.8) is 0 Å². The summed E-state index contributed by atoms with van der Waals surface area (Å²) < 4.78 is 28.0. The Kier molecular flexibility index (Phi) is 4.36. The molecule has 17 heavy (non-hydrogen) atoms. The molecule has 1 aromatic carbocycles. The largest absolute Gasteiger partial charge is 0.397 e. The summed E-state index contributed by atoms with van der Waals surface area (Å²) in [4.78, 5) is 0. The molecule has 0 radical (unpaired) electrons. The molecule has 0 unspecified atom stereocenters. The van der Waals surface area contributed by atoms with Gasteiger partial charge in [-0.15, -0.1) is 0 Å². The monoisotopic (exact) mass is 257 g/mol. The number of anilines is 2. The van der Waals surface area contributed by atoms with E-state index in [2.05, 4.69) is 4.72 Å². The van der Waals surface area contributed by atoms with E-state index >= 15 is 0 Å². The third kappa shape index (κ3) is 3.34. The van der Waals surface area contributed by atoms with E-state index in [1.807, 2.05) is 0 Å². The summed E-state index contributed by atoms with van der Waals surface area (Å²) in [6.07, 6.45) is 0. The molecule has 0 spiro atoms. The second-order valence-electron chi connectivity index (χ2n) is 4.00. The van der Waals surface area contributed by atoms with Gasteiger partial charge in [-0.25, -0.2) is 0 Å². The van der Waals surface area contributed by atoms with Gasteiger partial charge in [0, 0.05) is 12.6 Å². The highest BCUT2D eigenvalue weighted by molar-refractivity contribution is 7.90. The first kappa shape index (κ1) is 13.8. The maximum Gasteiger partial charge on any atom is 0.301 e. The van der Waals surface area contributed by atoms with Crippen LogP contribution in [-0.4, -0.2) is 21.0 Å². The fourth-order valence-electron chi connectivity index (χ4n) is 1.55. The Morgan fingerprint density at radius 2 is 1.94 bits per heavy atom. The summed E-state index contributed by atoms with van der Waals surface area (Å²) >= 11 is 0. The van der Waals surface area contributed by atoms with Crippen LogP contribution in [-0.2, 0) is 10.2 Å². The number of nitrogens with two attached hydrogens (primary N) is 1. The Balaban J connectivity index is 3.13. The molecule has 6 heteroatoms. The van der Waals surface area contributed by atoms with Gasteiger partial charge in [0.1, 0.15) is 0 Å². The summed E-state index contributed by atoms with van der Waals surface area (Å²) in [5.74, 6) is 0. The average molecular weight is 257 g/mol. The molecule has 0 heterocycles. The summed E-state index contributed by atoms with van der Waals surface area (Å²) in [7, 11) is -3.54. The van der Waals surface area contributed by atoms with Crippen molar-refractivity contribution in [3.05, 3.63) is 24.3 Å². The zero-order valence-electron chi connectivity index (χ0n) is 10.3. The number of para-hydroxylation sites is 2.